The van der Waals surface area contributed by atoms with Crippen molar-refractivity contribution in [3.8, 4) is 17.0 Å². The maximum Gasteiger partial charge on any atom is 0.291 e. The minimum absolute atomic E-state index is 0.198. The molecule has 0 spiro atoms. The Morgan fingerprint density at radius 2 is 2.19 bits per heavy atom. The zero-order valence-corrected chi connectivity index (χ0v) is 15.5. The second kappa shape index (κ2) is 8.07. The Hall–Kier alpha value is -2.78. The van der Waals surface area contributed by atoms with E-state index in [9.17, 15) is 4.79 Å². The Morgan fingerprint density at radius 1 is 1.35 bits per heavy atom. The monoisotopic (exact) mass is 420 g/mol. The van der Waals surface area contributed by atoms with Gasteiger partial charge in [-0.1, -0.05) is 4.85 Å². The number of halogens is 1. The number of hydrogen-bond acceptors (Lipinski definition) is 6. The lowest BCUT2D eigenvalue weighted by molar-refractivity contribution is 0.0995. The number of rotatable bonds is 7. The lowest BCUT2D eigenvalue weighted by atomic mass is 10.1. The molecule has 0 aliphatic heterocycles. The van der Waals surface area contributed by atoms with Gasteiger partial charge >= 0.3 is 0 Å². The predicted molar refractivity (Wildman–Crippen MR) is 99.1 cm³/mol. The Morgan fingerprint density at radius 3 is 2.88 bits per heavy atom. The fraction of sp³-hybridized carbons (Fsp3) is 0.176. The number of nitrogens with one attached hydrogen (secondary N) is 1. The molecule has 136 valence electrons. The van der Waals surface area contributed by atoms with Crippen LogP contribution in [0.15, 0.2) is 51.7 Å². The number of ether oxygens (including phenoxy) is 1. The van der Waals surface area contributed by atoms with E-state index in [1.54, 1.807) is 42.6 Å². The highest BCUT2D eigenvalue weighted by molar-refractivity contribution is 9.10. The highest BCUT2D eigenvalue weighted by Gasteiger charge is 2.16. The van der Waals surface area contributed by atoms with Gasteiger partial charge in [0.05, 0.1) is 6.20 Å². The van der Waals surface area contributed by atoms with E-state index >= 15 is 0 Å². The molecule has 0 saturated heterocycles. The van der Waals surface area contributed by atoms with E-state index in [1.807, 2.05) is 0 Å². The molecular weight excluding hydrogens is 404 g/mol. The molecule has 1 amide bonds. The molecule has 1 aromatic carbocycles. The first-order valence-corrected chi connectivity index (χ1v) is 8.54. The third-order valence-corrected chi connectivity index (χ3v) is 3.89. The quantitative estimate of drug-likeness (QED) is 0.608. The highest BCUT2D eigenvalue weighted by Crippen LogP contribution is 2.32. The first-order valence-electron chi connectivity index (χ1n) is 7.75. The molecule has 0 fully saturated rings. The van der Waals surface area contributed by atoms with Crippen LogP contribution in [0.4, 0.5) is 5.69 Å². The van der Waals surface area contributed by atoms with Crippen LogP contribution in [-0.2, 0) is 0 Å². The fourth-order valence-corrected chi connectivity index (χ4v) is 2.67. The maximum absolute atomic E-state index is 12.3. The Bertz CT molecular complexity index is 906. The van der Waals surface area contributed by atoms with Crippen molar-refractivity contribution in [1.82, 2.24) is 9.94 Å². The molecule has 0 atom stereocenters. The van der Waals surface area contributed by atoms with E-state index in [2.05, 4.69) is 26.3 Å². The minimum Gasteiger partial charge on any atom is -0.492 e. The molecule has 0 radical (unpaired) electrons. The molecule has 0 aliphatic rings. The van der Waals surface area contributed by atoms with Crippen LogP contribution in [0.25, 0.3) is 11.3 Å². The van der Waals surface area contributed by atoms with Crippen LogP contribution in [0.1, 0.15) is 10.6 Å². The Kier molecular flexibility index (Phi) is 5.59. The number of amides is 1. The van der Waals surface area contributed by atoms with E-state index in [4.69, 9.17) is 19.7 Å². The van der Waals surface area contributed by atoms with Crippen LogP contribution >= 0.6 is 15.9 Å². The number of anilines is 1. The molecule has 0 saturated carbocycles. The molecule has 0 aliphatic carbocycles. The van der Waals surface area contributed by atoms with Crippen LogP contribution in [-0.4, -0.2) is 36.1 Å². The van der Waals surface area contributed by atoms with Gasteiger partial charge in [-0.15, -0.1) is 5.10 Å². The van der Waals surface area contributed by atoms with Crippen molar-refractivity contribution >= 4 is 27.5 Å². The number of furan rings is 1. The lowest BCUT2D eigenvalue weighted by Crippen LogP contribution is -2.14. The molecule has 0 bridgehead atoms. The van der Waals surface area contributed by atoms with E-state index in [0.717, 1.165) is 0 Å². The highest BCUT2D eigenvalue weighted by atomic mass is 79.9. The fourth-order valence-electron chi connectivity index (χ4n) is 2.36. The summed E-state index contributed by atoms with van der Waals surface area (Å²) in [6.45, 7) is 0.745. The van der Waals surface area contributed by atoms with Gasteiger partial charge in [0.15, 0.2) is 10.4 Å². The maximum atomic E-state index is 12.3. The molecule has 8 nitrogen and oxygen atoms in total. The summed E-state index contributed by atoms with van der Waals surface area (Å²) in [6, 6.07) is 10.3. The molecule has 9 heteroatoms. The summed E-state index contributed by atoms with van der Waals surface area (Å²) in [5.74, 6) is 0.439. The van der Waals surface area contributed by atoms with E-state index in [-0.39, 0.29) is 11.7 Å². The average Bonchev–Trinajstić information content (AvgIpc) is 3.29. The van der Waals surface area contributed by atoms with E-state index in [0.29, 0.717) is 40.5 Å². The summed E-state index contributed by atoms with van der Waals surface area (Å²) in [4.78, 5) is 18.9. The number of aromatic nitrogens is 2. The largest absolute Gasteiger partial charge is 0.492 e. The topological polar surface area (TPSA) is 105 Å². The van der Waals surface area contributed by atoms with E-state index < -0.39 is 0 Å². The van der Waals surface area contributed by atoms with Crippen molar-refractivity contribution in [2.24, 2.45) is 5.73 Å². The van der Waals surface area contributed by atoms with Crippen molar-refractivity contribution in [3.63, 3.8) is 0 Å². The van der Waals surface area contributed by atoms with Gasteiger partial charge in [0.25, 0.3) is 5.91 Å². The first-order chi connectivity index (χ1) is 12.6. The van der Waals surface area contributed by atoms with Crippen molar-refractivity contribution < 1.29 is 18.8 Å². The van der Waals surface area contributed by atoms with Gasteiger partial charge in [-0.3, -0.25) is 4.79 Å². The molecule has 0 unspecified atom stereocenters. The van der Waals surface area contributed by atoms with Gasteiger partial charge in [-0.25, -0.2) is 0 Å². The smallest absolute Gasteiger partial charge is 0.291 e. The van der Waals surface area contributed by atoms with Crippen molar-refractivity contribution in [2.45, 2.75) is 0 Å². The summed E-state index contributed by atoms with van der Waals surface area (Å²) in [5.41, 5.74) is 7.48. The summed E-state index contributed by atoms with van der Waals surface area (Å²) >= 11 is 3.18. The number of benzene rings is 1. The number of nitrogens with two attached hydrogens (primary N) is 1. The van der Waals surface area contributed by atoms with Crippen molar-refractivity contribution in [1.29, 1.82) is 0 Å². The molecule has 2 aromatic heterocycles. The van der Waals surface area contributed by atoms with Crippen molar-refractivity contribution in [3.05, 3.63) is 53.0 Å². The average molecular weight is 421 g/mol. The van der Waals surface area contributed by atoms with Crippen LogP contribution in [0.5, 0.6) is 5.75 Å². The van der Waals surface area contributed by atoms with Crippen LogP contribution in [0.3, 0.4) is 0 Å². The number of nitrogens with zero attached hydrogens (tertiary/aromatic N) is 2. The second-order valence-corrected chi connectivity index (χ2v) is 5.96. The van der Waals surface area contributed by atoms with Crippen LogP contribution in [0.2, 0.25) is 0 Å². The summed E-state index contributed by atoms with van der Waals surface area (Å²) in [5, 5.41) is 6.87. The number of carbonyl (C=O) groups excluding carboxylic acids is 1. The van der Waals surface area contributed by atoms with Crippen molar-refractivity contribution in [2.75, 3.05) is 25.6 Å². The molecular formula is C17H17BrN4O4. The summed E-state index contributed by atoms with van der Waals surface area (Å²) in [7, 11) is 1.51. The SMILES string of the molecule is COn1nccc1-c1cc(NC(=O)c2ccc(Br)o2)ccc1OCCN. The minimum atomic E-state index is -0.363. The van der Waals surface area contributed by atoms with Crippen LogP contribution < -0.4 is 20.6 Å². The first kappa shape index (κ1) is 18.0. The van der Waals surface area contributed by atoms with Crippen LogP contribution in [0, 0.1) is 0 Å². The third kappa shape index (κ3) is 3.89. The summed E-state index contributed by atoms with van der Waals surface area (Å²) < 4.78 is 11.4. The van der Waals surface area contributed by atoms with Gasteiger partial charge in [0.1, 0.15) is 25.2 Å². The van der Waals surface area contributed by atoms with Gasteiger partial charge < -0.3 is 25.0 Å². The zero-order valence-electron chi connectivity index (χ0n) is 13.9. The predicted octanol–water partition coefficient (Wildman–Crippen LogP) is 2.55. The van der Waals surface area contributed by atoms with Gasteiger partial charge in [0.2, 0.25) is 0 Å². The Labute approximate surface area is 158 Å². The van der Waals surface area contributed by atoms with Gasteiger partial charge in [0, 0.05) is 17.8 Å². The third-order valence-electron chi connectivity index (χ3n) is 3.47. The summed E-state index contributed by atoms with van der Waals surface area (Å²) in [6.07, 6.45) is 1.61. The molecule has 3 aromatic rings. The zero-order chi connectivity index (χ0) is 18.5. The molecule has 3 N–H and O–H groups in total. The molecule has 26 heavy (non-hydrogen) atoms. The Balaban J connectivity index is 1.92. The number of carbonyl (C=O) groups is 1. The molecule has 2 heterocycles. The van der Waals surface area contributed by atoms with Gasteiger partial charge in [-0.05, 0) is 52.3 Å². The lowest BCUT2D eigenvalue weighted by Gasteiger charge is -2.14. The standard InChI is InChI=1S/C17H17BrN4O4/c1-24-22-13(6-8-20-22)12-10-11(2-3-14(12)25-9-7-19)21-17(23)15-4-5-16(18)26-15/h2-6,8,10H,7,9,19H2,1H3,(H,21,23). The second-order valence-electron chi connectivity index (χ2n) is 5.18. The van der Waals surface area contributed by atoms with E-state index in [1.165, 1.54) is 12.0 Å². The van der Waals surface area contributed by atoms with Gasteiger partial charge in [-0.2, -0.15) is 0 Å². The molecule has 3 rings (SSSR count). The normalized spacial score (nSPS) is 10.6. The number of hydrogen-bond donors (Lipinski definition) is 2.